The van der Waals surface area contributed by atoms with Crippen LogP contribution >= 0.6 is 11.6 Å². The topological polar surface area (TPSA) is 102 Å². The molecule has 0 bridgehead atoms. The van der Waals surface area contributed by atoms with Crippen molar-refractivity contribution < 1.29 is 23.1 Å². The molecule has 34 heavy (non-hydrogen) atoms. The lowest BCUT2D eigenvalue weighted by Crippen LogP contribution is -2.32. The molecule has 1 aromatic heterocycles. The number of likely N-dealkylation sites (tertiary alicyclic amines) is 1. The van der Waals surface area contributed by atoms with Gasteiger partial charge >= 0.3 is 0 Å². The molecule has 1 saturated heterocycles. The second-order valence-electron chi connectivity index (χ2n) is 7.92. The number of halogens is 3. The average molecular weight is 490 g/mol. The number of nitrogens with zero attached hydrogens (tertiary/aromatic N) is 3. The van der Waals surface area contributed by atoms with E-state index in [0.29, 0.717) is 24.3 Å². The van der Waals surface area contributed by atoms with Crippen LogP contribution in [0.4, 0.5) is 14.5 Å². The van der Waals surface area contributed by atoms with Gasteiger partial charge in [0.15, 0.2) is 17.4 Å². The Bertz CT molecular complexity index is 1280. The zero-order chi connectivity index (χ0) is 24.6. The van der Waals surface area contributed by atoms with Crippen LogP contribution in [-0.4, -0.2) is 52.5 Å². The maximum atomic E-state index is 14.5. The van der Waals surface area contributed by atoms with E-state index in [9.17, 15) is 18.4 Å². The minimum absolute atomic E-state index is 0.0343. The van der Waals surface area contributed by atoms with Gasteiger partial charge in [-0.25, -0.2) is 9.37 Å². The lowest BCUT2D eigenvalue weighted by Gasteiger charge is -2.17. The van der Waals surface area contributed by atoms with Crippen LogP contribution in [-0.2, 0) is 7.05 Å². The number of imidazole rings is 1. The van der Waals surface area contributed by atoms with Crippen molar-refractivity contribution in [1.29, 1.82) is 0 Å². The number of carbonyl (C=O) groups excluding carboxylic acids is 2. The van der Waals surface area contributed by atoms with Gasteiger partial charge in [-0.05, 0) is 36.8 Å². The molecule has 11 heteroatoms. The van der Waals surface area contributed by atoms with Crippen LogP contribution in [0.1, 0.15) is 27.4 Å². The van der Waals surface area contributed by atoms with E-state index in [-0.39, 0.29) is 39.8 Å². The summed E-state index contributed by atoms with van der Waals surface area (Å²) >= 11 is 6.30. The molecule has 0 radical (unpaired) electrons. The molecule has 178 valence electrons. The maximum Gasteiger partial charge on any atom is 0.291 e. The third kappa shape index (κ3) is 4.34. The van der Waals surface area contributed by atoms with Crippen molar-refractivity contribution in [2.75, 3.05) is 25.5 Å². The molecule has 1 aliphatic rings. The van der Waals surface area contributed by atoms with Gasteiger partial charge in [-0.3, -0.25) is 9.59 Å². The number of amides is 2. The van der Waals surface area contributed by atoms with Crippen LogP contribution in [0.3, 0.4) is 0 Å². The van der Waals surface area contributed by atoms with Crippen molar-refractivity contribution in [2.24, 2.45) is 12.8 Å². The second kappa shape index (κ2) is 9.40. The third-order valence-corrected chi connectivity index (χ3v) is 6.02. The molecule has 0 saturated carbocycles. The van der Waals surface area contributed by atoms with Crippen molar-refractivity contribution >= 4 is 29.1 Å². The minimum atomic E-state index is -1.13. The molecule has 0 spiro atoms. The summed E-state index contributed by atoms with van der Waals surface area (Å²) in [6, 6.07) is 7.14. The number of hydrogen-bond acceptors (Lipinski definition) is 5. The first-order valence-electron chi connectivity index (χ1n) is 10.4. The van der Waals surface area contributed by atoms with E-state index in [1.54, 1.807) is 11.0 Å². The Balaban J connectivity index is 1.53. The number of nitrogens with one attached hydrogen (secondary N) is 1. The Labute approximate surface area is 199 Å². The van der Waals surface area contributed by atoms with E-state index in [2.05, 4.69) is 10.3 Å². The highest BCUT2D eigenvalue weighted by Gasteiger charge is 2.26. The Hall–Kier alpha value is -3.50. The number of benzene rings is 2. The van der Waals surface area contributed by atoms with Gasteiger partial charge in [-0.2, -0.15) is 4.39 Å². The van der Waals surface area contributed by atoms with Crippen LogP contribution in [0.2, 0.25) is 5.02 Å². The molecule has 0 aliphatic carbocycles. The van der Waals surface area contributed by atoms with E-state index in [4.69, 9.17) is 22.1 Å². The number of methoxy groups -OCH3 is 1. The lowest BCUT2D eigenvalue weighted by molar-refractivity contribution is 0.0791. The van der Waals surface area contributed by atoms with Crippen molar-refractivity contribution in [1.82, 2.24) is 14.5 Å². The molecule has 1 aliphatic heterocycles. The highest BCUT2D eigenvalue weighted by atomic mass is 35.5. The fourth-order valence-corrected chi connectivity index (χ4v) is 4.11. The summed E-state index contributed by atoms with van der Waals surface area (Å²) in [7, 11) is 2.74. The molecule has 1 atom stereocenters. The Morgan fingerprint density at radius 1 is 1.24 bits per heavy atom. The maximum absolute atomic E-state index is 14.5. The van der Waals surface area contributed by atoms with E-state index in [1.807, 2.05) is 0 Å². The van der Waals surface area contributed by atoms with Gasteiger partial charge in [0.2, 0.25) is 5.82 Å². The van der Waals surface area contributed by atoms with Gasteiger partial charge in [0.1, 0.15) is 0 Å². The number of carbonyl (C=O) groups is 2. The van der Waals surface area contributed by atoms with Gasteiger partial charge < -0.3 is 25.3 Å². The van der Waals surface area contributed by atoms with E-state index in [0.717, 1.165) is 6.42 Å². The van der Waals surface area contributed by atoms with Gasteiger partial charge in [0, 0.05) is 37.4 Å². The van der Waals surface area contributed by atoms with Crippen LogP contribution in [0.5, 0.6) is 5.75 Å². The molecule has 3 N–H and O–H groups in total. The summed E-state index contributed by atoms with van der Waals surface area (Å²) in [5.74, 6) is -3.32. The first-order valence-corrected chi connectivity index (χ1v) is 10.8. The van der Waals surface area contributed by atoms with Crippen LogP contribution in [0.15, 0.2) is 36.5 Å². The van der Waals surface area contributed by atoms with Gasteiger partial charge in [-0.1, -0.05) is 11.6 Å². The van der Waals surface area contributed by atoms with Gasteiger partial charge in [0.05, 0.1) is 29.6 Å². The van der Waals surface area contributed by atoms with Crippen molar-refractivity contribution in [3.63, 3.8) is 0 Å². The molecule has 1 unspecified atom stereocenters. The number of anilines is 1. The lowest BCUT2D eigenvalue weighted by atomic mass is 10.1. The van der Waals surface area contributed by atoms with Crippen molar-refractivity contribution in [3.8, 4) is 17.0 Å². The first-order chi connectivity index (χ1) is 16.2. The molecule has 2 aromatic carbocycles. The predicted octanol–water partition coefficient (Wildman–Crippen LogP) is 3.45. The SMILES string of the molecule is COc1ccc(-c2cnc(C(=O)Nc3ccc(C(=O)N4CCC(N)C4)c(Cl)c3)n2C)c(F)c1F. The molecule has 4 rings (SSSR count). The molecule has 3 aromatic rings. The van der Waals surface area contributed by atoms with Gasteiger partial charge in [-0.15, -0.1) is 0 Å². The van der Waals surface area contributed by atoms with Crippen molar-refractivity contribution in [3.05, 3.63) is 64.6 Å². The molecular weight excluding hydrogens is 468 g/mol. The predicted molar refractivity (Wildman–Crippen MR) is 123 cm³/mol. The average Bonchev–Trinajstić information content (AvgIpc) is 3.41. The molecule has 1 fully saturated rings. The Morgan fingerprint density at radius 2 is 2.00 bits per heavy atom. The third-order valence-electron chi connectivity index (χ3n) is 5.70. The number of nitrogens with two attached hydrogens (primary N) is 1. The molecule has 8 nitrogen and oxygen atoms in total. The summed E-state index contributed by atoms with van der Waals surface area (Å²) < 4.78 is 34.8. The highest BCUT2D eigenvalue weighted by molar-refractivity contribution is 6.34. The summed E-state index contributed by atoms with van der Waals surface area (Å²) in [4.78, 5) is 31.1. The second-order valence-corrected chi connectivity index (χ2v) is 8.33. The van der Waals surface area contributed by atoms with Crippen LogP contribution in [0, 0.1) is 11.6 Å². The number of aromatic nitrogens is 2. The smallest absolute Gasteiger partial charge is 0.291 e. The highest BCUT2D eigenvalue weighted by Crippen LogP contribution is 2.30. The molecular formula is C23H22ClF2N5O3. The number of ether oxygens (including phenoxy) is 1. The van der Waals surface area contributed by atoms with Gasteiger partial charge in [0.25, 0.3) is 11.8 Å². The summed E-state index contributed by atoms with van der Waals surface area (Å²) in [5.41, 5.74) is 6.65. The number of rotatable bonds is 5. The standard InChI is InChI=1S/C23H22ClF2N5O3/c1-30-17(15-5-6-18(34-2)20(26)19(15)25)10-28-21(30)22(32)29-13-3-4-14(16(24)9-13)23(33)31-8-7-12(27)11-31/h3-6,9-10,12H,7-8,11,27H2,1-2H3,(H,29,32). The summed E-state index contributed by atoms with van der Waals surface area (Å²) in [5, 5.41) is 2.83. The largest absolute Gasteiger partial charge is 0.494 e. The summed E-state index contributed by atoms with van der Waals surface area (Å²) in [6.45, 7) is 1.03. The van der Waals surface area contributed by atoms with Crippen molar-refractivity contribution in [2.45, 2.75) is 12.5 Å². The Kier molecular flexibility index (Phi) is 6.54. The monoisotopic (exact) mass is 489 g/mol. The number of hydrogen-bond donors (Lipinski definition) is 2. The van der Waals surface area contributed by atoms with E-state index in [1.165, 1.54) is 49.2 Å². The van der Waals surface area contributed by atoms with Crippen LogP contribution in [0.25, 0.3) is 11.3 Å². The normalized spacial score (nSPS) is 15.5. The van der Waals surface area contributed by atoms with Crippen LogP contribution < -0.4 is 15.8 Å². The quantitative estimate of drug-likeness (QED) is 0.571. The minimum Gasteiger partial charge on any atom is -0.494 e. The molecule has 2 heterocycles. The first kappa shape index (κ1) is 23.7. The zero-order valence-electron chi connectivity index (χ0n) is 18.4. The fourth-order valence-electron chi connectivity index (χ4n) is 3.85. The Morgan fingerprint density at radius 3 is 2.65 bits per heavy atom. The van der Waals surface area contributed by atoms with E-state index < -0.39 is 17.5 Å². The van der Waals surface area contributed by atoms with E-state index >= 15 is 0 Å². The molecule has 2 amide bonds. The fraction of sp³-hybridized carbons (Fsp3) is 0.261. The zero-order valence-corrected chi connectivity index (χ0v) is 19.2. The summed E-state index contributed by atoms with van der Waals surface area (Å²) in [6.07, 6.45) is 2.00.